The molecule has 2 heterocycles. The fourth-order valence-corrected chi connectivity index (χ4v) is 3.89. The topological polar surface area (TPSA) is 97.1 Å². The summed E-state index contributed by atoms with van der Waals surface area (Å²) < 4.78 is 40.1. The average molecular weight is 386 g/mol. The van der Waals surface area contributed by atoms with E-state index in [0.29, 0.717) is 5.75 Å². The van der Waals surface area contributed by atoms with Gasteiger partial charge in [0.1, 0.15) is 5.54 Å². The van der Waals surface area contributed by atoms with Crippen molar-refractivity contribution >= 4 is 23.6 Å². The normalized spacial score (nSPS) is 20.1. The summed E-state index contributed by atoms with van der Waals surface area (Å²) in [6.07, 6.45) is -3.30. The number of aliphatic carboxylic acids is 1. The first-order chi connectivity index (χ1) is 12.2. The number of carbonyl (C=O) groups excluding carboxylic acids is 1. The van der Waals surface area contributed by atoms with Crippen molar-refractivity contribution in [3.8, 4) is 5.69 Å². The van der Waals surface area contributed by atoms with E-state index < -0.39 is 29.2 Å². The van der Waals surface area contributed by atoms with Gasteiger partial charge < -0.3 is 10.4 Å². The van der Waals surface area contributed by atoms with Gasteiger partial charge in [0, 0.05) is 5.75 Å². The Hall–Kier alpha value is -2.56. The van der Waals surface area contributed by atoms with Crippen LogP contribution >= 0.6 is 11.8 Å². The van der Waals surface area contributed by atoms with Crippen LogP contribution < -0.4 is 5.32 Å². The standard InChI is InChI=1S/C15H13F3N4O3S/c16-15(17,18)9-3-1-2-4-11(9)22-7-10(20-21-22)12(23)19-14(13(24)25)5-6-26-8-14/h1-4,7H,5-6,8H2,(H,19,23)(H,24,25). The number of nitrogens with zero attached hydrogens (tertiary/aromatic N) is 3. The van der Waals surface area contributed by atoms with Crippen LogP contribution in [0.3, 0.4) is 0 Å². The molecule has 0 saturated carbocycles. The van der Waals surface area contributed by atoms with Crippen molar-refractivity contribution < 1.29 is 27.9 Å². The number of alkyl halides is 3. The predicted octanol–water partition coefficient (Wildman–Crippen LogP) is 1.98. The smallest absolute Gasteiger partial charge is 0.418 e. The van der Waals surface area contributed by atoms with E-state index >= 15 is 0 Å². The molecule has 1 aliphatic rings. The first-order valence-corrected chi connectivity index (χ1v) is 8.61. The molecule has 1 aromatic heterocycles. The molecular weight excluding hydrogens is 373 g/mol. The summed E-state index contributed by atoms with van der Waals surface area (Å²) in [7, 11) is 0. The minimum atomic E-state index is -4.60. The summed E-state index contributed by atoms with van der Waals surface area (Å²) in [4.78, 5) is 23.8. The Morgan fingerprint density at radius 1 is 1.31 bits per heavy atom. The molecular formula is C15H13F3N4O3S. The zero-order valence-electron chi connectivity index (χ0n) is 13.2. The summed E-state index contributed by atoms with van der Waals surface area (Å²) in [5.74, 6) is -1.17. The lowest BCUT2D eigenvalue weighted by atomic mass is 9.99. The van der Waals surface area contributed by atoms with Gasteiger partial charge in [-0.1, -0.05) is 17.3 Å². The number of para-hydroxylation sites is 1. The van der Waals surface area contributed by atoms with Crippen LogP contribution in [-0.2, 0) is 11.0 Å². The third kappa shape index (κ3) is 3.39. The summed E-state index contributed by atoms with van der Waals surface area (Å²) in [5, 5.41) is 19.0. The Balaban J connectivity index is 1.87. The van der Waals surface area contributed by atoms with E-state index in [1.165, 1.54) is 30.0 Å². The molecule has 7 nitrogen and oxygen atoms in total. The summed E-state index contributed by atoms with van der Waals surface area (Å²) in [6, 6.07) is 4.74. The van der Waals surface area contributed by atoms with Gasteiger partial charge in [-0.2, -0.15) is 24.9 Å². The van der Waals surface area contributed by atoms with Crippen molar-refractivity contribution in [3.63, 3.8) is 0 Å². The quantitative estimate of drug-likeness (QED) is 0.834. The molecule has 0 aliphatic carbocycles. The van der Waals surface area contributed by atoms with E-state index in [0.717, 1.165) is 16.9 Å². The highest BCUT2D eigenvalue weighted by molar-refractivity contribution is 7.99. The number of carboxylic acids is 1. The Morgan fingerprint density at radius 3 is 2.65 bits per heavy atom. The molecule has 26 heavy (non-hydrogen) atoms. The molecule has 0 radical (unpaired) electrons. The fourth-order valence-electron chi connectivity index (χ4n) is 2.57. The fraction of sp³-hybridized carbons (Fsp3) is 0.333. The van der Waals surface area contributed by atoms with Crippen LogP contribution in [-0.4, -0.2) is 49.0 Å². The van der Waals surface area contributed by atoms with Gasteiger partial charge in [-0.15, -0.1) is 5.10 Å². The van der Waals surface area contributed by atoms with E-state index in [1.54, 1.807) is 0 Å². The van der Waals surface area contributed by atoms with Gasteiger partial charge in [-0.25, -0.2) is 9.48 Å². The van der Waals surface area contributed by atoms with E-state index in [9.17, 15) is 27.9 Å². The summed E-state index contributed by atoms with van der Waals surface area (Å²) in [5.41, 5.74) is -2.88. The SMILES string of the molecule is O=C(NC1(C(=O)O)CCSC1)c1cn(-c2ccccc2C(F)(F)F)nn1. The molecule has 1 aliphatic heterocycles. The highest BCUT2D eigenvalue weighted by Crippen LogP contribution is 2.33. The number of nitrogens with one attached hydrogen (secondary N) is 1. The van der Waals surface area contributed by atoms with Crippen molar-refractivity contribution in [2.24, 2.45) is 0 Å². The van der Waals surface area contributed by atoms with Crippen molar-refractivity contribution in [2.75, 3.05) is 11.5 Å². The Labute approximate surface area is 149 Å². The number of halogens is 3. The lowest BCUT2D eigenvalue weighted by Gasteiger charge is -2.23. The first kappa shape index (κ1) is 18.2. The molecule has 1 amide bonds. The van der Waals surface area contributed by atoms with Gasteiger partial charge in [0.2, 0.25) is 0 Å². The number of hydrogen-bond acceptors (Lipinski definition) is 5. The van der Waals surface area contributed by atoms with E-state index in [4.69, 9.17) is 0 Å². The molecule has 0 bridgehead atoms. The van der Waals surface area contributed by atoms with Gasteiger partial charge >= 0.3 is 12.1 Å². The largest absolute Gasteiger partial charge is 0.479 e. The van der Waals surface area contributed by atoms with Gasteiger partial charge in [0.05, 0.1) is 17.4 Å². The lowest BCUT2D eigenvalue weighted by molar-refractivity contribution is -0.143. The second kappa shape index (κ2) is 6.63. The molecule has 11 heteroatoms. The van der Waals surface area contributed by atoms with Crippen LogP contribution in [0, 0.1) is 0 Å². The van der Waals surface area contributed by atoms with Crippen molar-refractivity contribution in [3.05, 3.63) is 41.7 Å². The molecule has 2 aromatic rings. The van der Waals surface area contributed by atoms with Gasteiger partial charge in [-0.05, 0) is 24.3 Å². The number of carbonyl (C=O) groups is 2. The number of hydrogen-bond donors (Lipinski definition) is 2. The zero-order chi connectivity index (χ0) is 18.9. The molecule has 0 spiro atoms. The number of benzene rings is 1. The maximum atomic E-state index is 13.1. The van der Waals surface area contributed by atoms with Crippen LogP contribution in [0.1, 0.15) is 22.5 Å². The van der Waals surface area contributed by atoms with Crippen LogP contribution in [0.4, 0.5) is 13.2 Å². The van der Waals surface area contributed by atoms with Crippen LogP contribution in [0.5, 0.6) is 0 Å². The van der Waals surface area contributed by atoms with Gasteiger partial charge in [0.25, 0.3) is 5.91 Å². The second-order valence-electron chi connectivity index (χ2n) is 5.71. The maximum Gasteiger partial charge on any atom is 0.418 e. The molecule has 1 unspecified atom stereocenters. The van der Waals surface area contributed by atoms with E-state index in [2.05, 4.69) is 15.6 Å². The Morgan fingerprint density at radius 2 is 2.04 bits per heavy atom. The lowest BCUT2D eigenvalue weighted by Crippen LogP contribution is -2.54. The van der Waals surface area contributed by atoms with Crippen molar-refractivity contribution in [1.29, 1.82) is 0 Å². The molecule has 1 saturated heterocycles. The zero-order valence-corrected chi connectivity index (χ0v) is 14.0. The minimum absolute atomic E-state index is 0.207. The molecule has 1 aromatic carbocycles. The Kier molecular flexibility index (Phi) is 4.65. The first-order valence-electron chi connectivity index (χ1n) is 7.45. The second-order valence-corrected chi connectivity index (χ2v) is 6.81. The maximum absolute atomic E-state index is 13.1. The average Bonchev–Trinajstić information content (AvgIpc) is 3.24. The van der Waals surface area contributed by atoms with Crippen LogP contribution in [0.15, 0.2) is 30.5 Å². The van der Waals surface area contributed by atoms with Gasteiger partial charge in [-0.3, -0.25) is 4.79 Å². The van der Waals surface area contributed by atoms with E-state index in [1.807, 2.05) is 0 Å². The highest BCUT2D eigenvalue weighted by atomic mass is 32.2. The van der Waals surface area contributed by atoms with E-state index in [-0.39, 0.29) is 23.6 Å². The highest BCUT2D eigenvalue weighted by Gasteiger charge is 2.44. The number of thioether (sulfide) groups is 1. The number of aromatic nitrogens is 3. The molecule has 2 N–H and O–H groups in total. The van der Waals surface area contributed by atoms with Crippen LogP contribution in [0.25, 0.3) is 5.69 Å². The monoisotopic (exact) mass is 386 g/mol. The summed E-state index contributed by atoms with van der Waals surface area (Å²) in [6.45, 7) is 0. The molecule has 3 rings (SSSR count). The molecule has 138 valence electrons. The summed E-state index contributed by atoms with van der Waals surface area (Å²) >= 11 is 1.39. The number of amides is 1. The number of carboxylic acid groups (broad SMARTS) is 1. The van der Waals surface area contributed by atoms with Crippen molar-refractivity contribution in [2.45, 2.75) is 18.1 Å². The van der Waals surface area contributed by atoms with Crippen molar-refractivity contribution in [1.82, 2.24) is 20.3 Å². The van der Waals surface area contributed by atoms with Crippen LogP contribution in [0.2, 0.25) is 0 Å². The third-order valence-corrected chi connectivity index (χ3v) is 5.16. The molecule has 1 fully saturated rings. The minimum Gasteiger partial charge on any atom is -0.479 e. The number of rotatable bonds is 4. The third-order valence-electron chi connectivity index (χ3n) is 3.97. The van der Waals surface area contributed by atoms with Gasteiger partial charge in [0.15, 0.2) is 5.69 Å². The molecule has 1 atom stereocenters. The predicted molar refractivity (Wildman–Crippen MR) is 86.1 cm³/mol. The Bertz CT molecular complexity index is 847.